The summed E-state index contributed by atoms with van der Waals surface area (Å²) in [4.78, 5) is 30.3. The molecule has 4 heteroatoms. The molecule has 1 rings (SSSR count). The molecule has 0 heterocycles. The lowest BCUT2D eigenvalue weighted by atomic mass is 10.1. The van der Waals surface area contributed by atoms with E-state index in [2.05, 4.69) is 43.5 Å². The highest BCUT2D eigenvalue weighted by molar-refractivity contribution is 5.71. The monoisotopic (exact) mass is 254 g/mol. The predicted octanol–water partition coefficient (Wildman–Crippen LogP) is 3.03. The maximum Gasteiger partial charge on any atom is 0.355 e. The number of hydrogen-bond acceptors (Lipinski definition) is 4. The SMILES string of the molecule is CC(=O)OOC(=O)CCC1C(C=C(C)C)C1(C)C. The first-order valence-corrected chi connectivity index (χ1v) is 6.28. The third kappa shape index (κ3) is 3.86. The molecule has 0 saturated heterocycles. The summed E-state index contributed by atoms with van der Waals surface area (Å²) in [5.74, 6) is -0.0670. The van der Waals surface area contributed by atoms with Gasteiger partial charge in [0.2, 0.25) is 0 Å². The molecule has 0 aliphatic heterocycles. The molecular formula is C14H22O4. The maximum absolute atomic E-state index is 11.3. The van der Waals surface area contributed by atoms with Gasteiger partial charge in [0.25, 0.3) is 0 Å². The summed E-state index contributed by atoms with van der Waals surface area (Å²) in [6.07, 6.45) is 3.32. The van der Waals surface area contributed by atoms with Crippen LogP contribution in [0.15, 0.2) is 11.6 Å². The van der Waals surface area contributed by atoms with E-state index in [1.54, 1.807) is 0 Å². The van der Waals surface area contributed by atoms with E-state index >= 15 is 0 Å². The minimum atomic E-state index is -0.613. The van der Waals surface area contributed by atoms with E-state index in [0.717, 1.165) is 6.42 Å². The summed E-state index contributed by atoms with van der Waals surface area (Å²) in [6.45, 7) is 9.78. The molecule has 1 aliphatic rings. The lowest BCUT2D eigenvalue weighted by molar-refractivity contribution is -0.257. The van der Waals surface area contributed by atoms with Gasteiger partial charge >= 0.3 is 11.9 Å². The molecule has 0 amide bonds. The van der Waals surface area contributed by atoms with E-state index in [1.807, 2.05) is 0 Å². The topological polar surface area (TPSA) is 52.6 Å². The second kappa shape index (κ2) is 5.55. The van der Waals surface area contributed by atoms with Crippen molar-refractivity contribution in [1.29, 1.82) is 0 Å². The molecule has 2 unspecified atom stereocenters. The van der Waals surface area contributed by atoms with E-state index in [-0.39, 0.29) is 11.8 Å². The van der Waals surface area contributed by atoms with Crippen molar-refractivity contribution >= 4 is 11.9 Å². The lowest BCUT2D eigenvalue weighted by Crippen LogP contribution is -2.09. The average Bonchev–Trinajstić information content (AvgIpc) is 2.73. The molecule has 0 aromatic heterocycles. The minimum absolute atomic E-state index is 0.249. The Morgan fingerprint density at radius 1 is 1.17 bits per heavy atom. The Balaban J connectivity index is 2.35. The second-order valence-electron chi connectivity index (χ2n) is 5.77. The molecule has 2 atom stereocenters. The van der Waals surface area contributed by atoms with Crippen LogP contribution in [0.4, 0.5) is 0 Å². The summed E-state index contributed by atoms with van der Waals surface area (Å²) in [6, 6.07) is 0. The smallest absolute Gasteiger partial charge is 0.248 e. The largest absolute Gasteiger partial charge is 0.355 e. The standard InChI is InChI=1S/C14H22O4/c1-9(2)8-12-11(14(12,4)5)6-7-13(16)18-17-10(3)15/h8,11-12H,6-7H2,1-5H3. The van der Waals surface area contributed by atoms with E-state index in [9.17, 15) is 9.59 Å². The molecule has 0 N–H and O–H groups in total. The highest BCUT2D eigenvalue weighted by atomic mass is 17.2. The van der Waals surface area contributed by atoms with Gasteiger partial charge in [-0.15, -0.1) is 0 Å². The van der Waals surface area contributed by atoms with Gasteiger partial charge < -0.3 is 0 Å². The molecule has 102 valence electrons. The number of hydrogen-bond donors (Lipinski definition) is 0. The summed E-state index contributed by atoms with van der Waals surface area (Å²) >= 11 is 0. The van der Waals surface area contributed by atoms with E-state index < -0.39 is 11.9 Å². The van der Waals surface area contributed by atoms with Crippen LogP contribution in [0.5, 0.6) is 0 Å². The zero-order valence-corrected chi connectivity index (χ0v) is 11.8. The Morgan fingerprint density at radius 2 is 1.78 bits per heavy atom. The van der Waals surface area contributed by atoms with Crippen molar-refractivity contribution in [3.63, 3.8) is 0 Å². The Bertz CT molecular complexity index is 364. The fourth-order valence-electron chi connectivity index (χ4n) is 2.45. The number of carbonyl (C=O) groups is 2. The summed E-state index contributed by atoms with van der Waals surface area (Å²) in [7, 11) is 0. The Hall–Kier alpha value is -1.32. The van der Waals surface area contributed by atoms with Crippen LogP contribution < -0.4 is 0 Å². The lowest BCUT2D eigenvalue weighted by Gasteiger charge is -2.02. The van der Waals surface area contributed by atoms with Crippen LogP contribution in [0.1, 0.15) is 47.5 Å². The molecule has 0 bridgehead atoms. The molecular weight excluding hydrogens is 232 g/mol. The zero-order chi connectivity index (χ0) is 13.9. The highest BCUT2D eigenvalue weighted by Crippen LogP contribution is 2.61. The third-order valence-corrected chi connectivity index (χ3v) is 3.56. The molecule has 1 fully saturated rings. The van der Waals surface area contributed by atoms with Gasteiger partial charge in [-0.2, -0.15) is 0 Å². The van der Waals surface area contributed by atoms with Gasteiger partial charge in [0.1, 0.15) is 0 Å². The molecule has 1 saturated carbocycles. The van der Waals surface area contributed by atoms with Gasteiger partial charge in [-0.1, -0.05) is 25.5 Å². The van der Waals surface area contributed by atoms with Crippen molar-refractivity contribution in [1.82, 2.24) is 0 Å². The minimum Gasteiger partial charge on any atom is -0.248 e. The first kappa shape index (κ1) is 14.7. The van der Waals surface area contributed by atoms with Gasteiger partial charge in [0, 0.05) is 6.92 Å². The van der Waals surface area contributed by atoms with Crippen LogP contribution in [0, 0.1) is 17.3 Å². The van der Waals surface area contributed by atoms with Gasteiger partial charge in [-0.25, -0.2) is 19.4 Å². The fourth-order valence-corrected chi connectivity index (χ4v) is 2.45. The van der Waals surface area contributed by atoms with Crippen LogP contribution in [0.25, 0.3) is 0 Å². The van der Waals surface area contributed by atoms with Gasteiger partial charge in [0.05, 0.1) is 6.42 Å². The van der Waals surface area contributed by atoms with Crippen LogP contribution in [-0.2, 0) is 19.4 Å². The second-order valence-corrected chi connectivity index (χ2v) is 5.77. The van der Waals surface area contributed by atoms with E-state index in [4.69, 9.17) is 0 Å². The molecule has 0 spiro atoms. The molecule has 0 aromatic rings. The molecule has 0 aromatic carbocycles. The fraction of sp³-hybridized carbons (Fsp3) is 0.714. The first-order chi connectivity index (χ1) is 8.25. The quantitative estimate of drug-likeness (QED) is 0.439. The maximum atomic E-state index is 11.3. The van der Waals surface area contributed by atoms with Crippen molar-refractivity contribution in [3.05, 3.63) is 11.6 Å². The third-order valence-electron chi connectivity index (χ3n) is 3.56. The van der Waals surface area contributed by atoms with Crippen LogP contribution in [-0.4, -0.2) is 11.9 Å². The predicted molar refractivity (Wildman–Crippen MR) is 67.3 cm³/mol. The summed E-state index contributed by atoms with van der Waals surface area (Å²) < 4.78 is 0. The Labute approximate surface area is 108 Å². The first-order valence-electron chi connectivity index (χ1n) is 6.28. The summed E-state index contributed by atoms with van der Waals surface area (Å²) in [5.41, 5.74) is 1.55. The molecule has 1 aliphatic carbocycles. The number of allylic oxidation sites excluding steroid dienone is 2. The normalized spacial score (nSPS) is 24.1. The van der Waals surface area contributed by atoms with E-state index in [0.29, 0.717) is 11.8 Å². The van der Waals surface area contributed by atoms with Crippen LogP contribution >= 0.6 is 0 Å². The van der Waals surface area contributed by atoms with E-state index in [1.165, 1.54) is 12.5 Å². The van der Waals surface area contributed by atoms with Crippen molar-refractivity contribution in [2.24, 2.45) is 17.3 Å². The number of rotatable bonds is 4. The zero-order valence-electron chi connectivity index (χ0n) is 11.8. The summed E-state index contributed by atoms with van der Waals surface area (Å²) in [5, 5.41) is 0. The van der Waals surface area contributed by atoms with Crippen LogP contribution in [0.2, 0.25) is 0 Å². The average molecular weight is 254 g/mol. The van der Waals surface area contributed by atoms with Crippen molar-refractivity contribution < 1.29 is 19.4 Å². The molecule has 0 radical (unpaired) electrons. The molecule has 4 nitrogen and oxygen atoms in total. The van der Waals surface area contributed by atoms with Crippen LogP contribution in [0.3, 0.4) is 0 Å². The Kier molecular flexibility index (Phi) is 4.54. The van der Waals surface area contributed by atoms with Crippen molar-refractivity contribution in [2.45, 2.75) is 47.5 Å². The Morgan fingerprint density at radius 3 is 2.28 bits per heavy atom. The number of carbonyl (C=O) groups excluding carboxylic acids is 2. The highest BCUT2D eigenvalue weighted by Gasteiger charge is 2.55. The van der Waals surface area contributed by atoms with Crippen molar-refractivity contribution in [3.8, 4) is 0 Å². The van der Waals surface area contributed by atoms with Crippen molar-refractivity contribution in [2.75, 3.05) is 0 Å². The van der Waals surface area contributed by atoms with Gasteiger partial charge in [-0.3, -0.25) is 0 Å². The molecule has 18 heavy (non-hydrogen) atoms. The van der Waals surface area contributed by atoms with Gasteiger partial charge in [-0.05, 0) is 37.5 Å². The van der Waals surface area contributed by atoms with Gasteiger partial charge in [0.15, 0.2) is 0 Å².